The Morgan fingerprint density at radius 2 is 1.44 bits per heavy atom. The Kier molecular flexibility index (Phi) is 9.53. The summed E-state index contributed by atoms with van der Waals surface area (Å²) in [6.45, 7) is 15.0. The fraction of sp³-hybridized carbons (Fsp3) is 0.909. The van der Waals surface area contributed by atoms with Crippen molar-refractivity contribution in [3.63, 3.8) is 0 Å². The van der Waals surface area contributed by atoms with E-state index in [0.717, 1.165) is 18.9 Å². The highest BCUT2D eigenvalue weighted by Gasteiger charge is 2.39. The van der Waals surface area contributed by atoms with Crippen molar-refractivity contribution in [2.75, 3.05) is 26.4 Å². The van der Waals surface area contributed by atoms with E-state index in [9.17, 15) is 0 Å². The van der Waals surface area contributed by atoms with Crippen molar-refractivity contribution in [1.29, 1.82) is 0 Å². The standard InChI is InChI=1S/C11H23NO3Si/c1-5-13-16(14-6-2,15-7-3)11-9-8-10-12-4/h5-11H2,1-3H3. The molecule has 0 rings (SSSR count). The smallest absolute Gasteiger partial charge is 0.374 e. The van der Waals surface area contributed by atoms with Gasteiger partial charge in [-0.05, 0) is 27.2 Å². The molecule has 0 aliphatic carbocycles. The first-order chi connectivity index (χ1) is 7.74. The number of hydrogen-bond acceptors (Lipinski definition) is 3. The van der Waals surface area contributed by atoms with E-state index >= 15 is 0 Å². The third-order valence-electron chi connectivity index (χ3n) is 2.10. The Bertz CT molecular complexity index is 189. The molecule has 0 saturated heterocycles. The number of nitrogens with zero attached hydrogens (tertiary/aromatic N) is 1. The van der Waals surface area contributed by atoms with Gasteiger partial charge < -0.3 is 18.1 Å². The zero-order valence-corrected chi connectivity index (χ0v) is 11.6. The largest absolute Gasteiger partial charge is 0.500 e. The summed E-state index contributed by atoms with van der Waals surface area (Å²) in [5, 5.41) is 0. The Morgan fingerprint density at radius 1 is 0.938 bits per heavy atom. The number of hydrogen-bond donors (Lipinski definition) is 0. The lowest BCUT2D eigenvalue weighted by Crippen LogP contribution is -2.45. The molecule has 0 saturated carbocycles. The van der Waals surface area contributed by atoms with Crippen LogP contribution in [0.15, 0.2) is 0 Å². The molecule has 94 valence electrons. The molecule has 5 heteroatoms. The van der Waals surface area contributed by atoms with Crippen molar-refractivity contribution in [2.45, 2.75) is 39.7 Å². The molecule has 0 aromatic heterocycles. The van der Waals surface area contributed by atoms with Gasteiger partial charge in [-0.15, -0.1) is 0 Å². The quantitative estimate of drug-likeness (QED) is 0.337. The second-order valence-electron chi connectivity index (χ2n) is 3.32. The average molecular weight is 245 g/mol. The molecule has 0 unspecified atom stereocenters. The van der Waals surface area contributed by atoms with E-state index < -0.39 is 8.80 Å². The molecule has 0 aromatic carbocycles. The molecule has 4 nitrogen and oxygen atoms in total. The lowest BCUT2D eigenvalue weighted by Gasteiger charge is -2.28. The van der Waals surface area contributed by atoms with Crippen LogP contribution in [0.3, 0.4) is 0 Å². The highest BCUT2D eigenvalue weighted by Crippen LogP contribution is 2.19. The van der Waals surface area contributed by atoms with Gasteiger partial charge in [-0.3, -0.25) is 0 Å². The normalized spacial score (nSPS) is 11.4. The summed E-state index contributed by atoms with van der Waals surface area (Å²) in [7, 11) is -2.45. The van der Waals surface area contributed by atoms with Crippen LogP contribution in [-0.2, 0) is 13.3 Å². The second kappa shape index (κ2) is 9.79. The number of unbranched alkanes of at least 4 members (excludes halogenated alkanes) is 1. The zero-order chi connectivity index (χ0) is 12.3. The van der Waals surface area contributed by atoms with Crippen molar-refractivity contribution in [3.8, 4) is 0 Å². The first kappa shape index (κ1) is 15.6. The molecule has 0 N–H and O–H groups in total. The summed E-state index contributed by atoms with van der Waals surface area (Å²) in [5.74, 6) is 0. The zero-order valence-electron chi connectivity index (χ0n) is 10.6. The van der Waals surface area contributed by atoms with Gasteiger partial charge in [0.25, 0.3) is 0 Å². The van der Waals surface area contributed by atoms with Crippen LogP contribution in [0.2, 0.25) is 6.04 Å². The number of rotatable bonds is 10. The first-order valence-electron chi connectivity index (χ1n) is 5.99. The molecule has 0 radical (unpaired) electrons. The maximum atomic E-state index is 6.72. The Labute approximate surface area is 100 Å². The average Bonchev–Trinajstić information content (AvgIpc) is 2.26. The van der Waals surface area contributed by atoms with Crippen molar-refractivity contribution in [1.82, 2.24) is 0 Å². The van der Waals surface area contributed by atoms with Crippen LogP contribution in [0, 0.1) is 6.57 Å². The molecule has 0 aliphatic rings. The second-order valence-corrected chi connectivity index (χ2v) is 6.05. The Morgan fingerprint density at radius 3 is 1.81 bits per heavy atom. The molecular formula is C11H23NO3Si. The fourth-order valence-electron chi connectivity index (χ4n) is 1.53. The van der Waals surface area contributed by atoms with Gasteiger partial charge in [-0.2, -0.15) is 0 Å². The van der Waals surface area contributed by atoms with Gasteiger partial charge in [-0.1, -0.05) is 0 Å². The van der Waals surface area contributed by atoms with E-state index in [1.807, 2.05) is 20.8 Å². The SMILES string of the molecule is [C-]#[N+]CCCC[Si](OCC)(OCC)OCC. The lowest BCUT2D eigenvalue weighted by atomic mass is 10.3. The van der Waals surface area contributed by atoms with Crippen LogP contribution in [-0.4, -0.2) is 35.2 Å². The maximum Gasteiger partial charge on any atom is 0.500 e. The Balaban J connectivity index is 4.18. The predicted octanol–water partition coefficient (Wildman–Crippen LogP) is 2.73. The van der Waals surface area contributed by atoms with Crippen molar-refractivity contribution in [2.24, 2.45) is 0 Å². The molecule has 0 spiro atoms. The summed E-state index contributed by atoms with van der Waals surface area (Å²) >= 11 is 0. The molecule has 0 aliphatic heterocycles. The van der Waals surface area contributed by atoms with Crippen LogP contribution < -0.4 is 0 Å². The van der Waals surface area contributed by atoms with E-state index in [0.29, 0.717) is 26.4 Å². The maximum absolute atomic E-state index is 6.72. The third-order valence-corrected chi connectivity index (χ3v) is 5.25. The Hall–Kier alpha value is -0.413. The molecular weight excluding hydrogens is 222 g/mol. The van der Waals surface area contributed by atoms with E-state index in [2.05, 4.69) is 4.85 Å². The minimum absolute atomic E-state index is 0.578. The van der Waals surface area contributed by atoms with Gasteiger partial charge in [0.1, 0.15) is 0 Å². The monoisotopic (exact) mass is 245 g/mol. The van der Waals surface area contributed by atoms with Gasteiger partial charge in [0.2, 0.25) is 6.54 Å². The molecule has 0 atom stereocenters. The topological polar surface area (TPSA) is 32.0 Å². The molecule has 0 fully saturated rings. The summed E-state index contributed by atoms with van der Waals surface area (Å²) in [6, 6.07) is 0.818. The predicted molar refractivity (Wildman–Crippen MR) is 66.1 cm³/mol. The highest BCUT2D eigenvalue weighted by molar-refractivity contribution is 6.60. The van der Waals surface area contributed by atoms with E-state index in [1.54, 1.807) is 0 Å². The van der Waals surface area contributed by atoms with Crippen molar-refractivity contribution >= 4 is 8.80 Å². The van der Waals surface area contributed by atoms with Gasteiger partial charge in [0.15, 0.2) is 0 Å². The van der Waals surface area contributed by atoms with Crippen molar-refractivity contribution < 1.29 is 13.3 Å². The summed E-state index contributed by atoms with van der Waals surface area (Å²) in [6.07, 6.45) is 1.83. The van der Waals surface area contributed by atoms with Gasteiger partial charge in [0.05, 0.1) is 0 Å². The van der Waals surface area contributed by atoms with Gasteiger partial charge >= 0.3 is 8.80 Å². The minimum Gasteiger partial charge on any atom is -0.374 e. The molecule has 0 aromatic rings. The van der Waals surface area contributed by atoms with Crippen LogP contribution in [0.5, 0.6) is 0 Å². The summed E-state index contributed by atoms with van der Waals surface area (Å²) in [5.41, 5.74) is 0. The summed E-state index contributed by atoms with van der Waals surface area (Å²) in [4.78, 5) is 3.34. The third kappa shape index (κ3) is 6.23. The molecule has 0 bridgehead atoms. The minimum atomic E-state index is -2.45. The van der Waals surface area contributed by atoms with Crippen LogP contribution in [0.1, 0.15) is 33.6 Å². The van der Waals surface area contributed by atoms with E-state index in [-0.39, 0.29) is 0 Å². The molecule has 0 heterocycles. The first-order valence-corrected chi connectivity index (χ1v) is 7.92. The van der Waals surface area contributed by atoms with Gasteiger partial charge in [-0.25, -0.2) is 6.57 Å². The lowest BCUT2D eigenvalue weighted by molar-refractivity contribution is 0.0707. The van der Waals surface area contributed by atoms with Gasteiger partial charge in [0, 0.05) is 32.3 Å². The van der Waals surface area contributed by atoms with Crippen molar-refractivity contribution in [3.05, 3.63) is 11.4 Å². The van der Waals surface area contributed by atoms with Crippen LogP contribution in [0.4, 0.5) is 0 Å². The van der Waals surface area contributed by atoms with E-state index in [1.165, 1.54) is 0 Å². The van der Waals surface area contributed by atoms with Crippen LogP contribution in [0.25, 0.3) is 4.85 Å². The fourth-order valence-corrected chi connectivity index (χ4v) is 4.22. The summed E-state index contributed by atoms with van der Waals surface area (Å²) < 4.78 is 17.1. The highest BCUT2D eigenvalue weighted by atomic mass is 28.4. The van der Waals surface area contributed by atoms with Crippen LogP contribution >= 0.6 is 0 Å². The molecule has 16 heavy (non-hydrogen) atoms. The van der Waals surface area contributed by atoms with E-state index in [4.69, 9.17) is 19.9 Å². The molecule has 0 amide bonds.